The molecular weight excluding hydrogens is 334 g/mol. The van der Waals surface area contributed by atoms with E-state index in [2.05, 4.69) is 15.0 Å². The lowest BCUT2D eigenvalue weighted by atomic mass is 10.2. The summed E-state index contributed by atoms with van der Waals surface area (Å²) in [6, 6.07) is 5.95. The molecular formula is C15H17N3O5S. The van der Waals surface area contributed by atoms with Crippen LogP contribution in [-0.4, -0.2) is 38.5 Å². The molecule has 0 atom stereocenters. The molecule has 24 heavy (non-hydrogen) atoms. The molecule has 1 heterocycles. The predicted molar refractivity (Wildman–Crippen MR) is 90.2 cm³/mol. The van der Waals surface area contributed by atoms with E-state index in [4.69, 9.17) is 4.74 Å². The van der Waals surface area contributed by atoms with Gasteiger partial charge in [-0.2, -0.15) is 0 Å². The Balaban J connectivity index is 2.20. The summed E-state index contributed by atoms with van der Waals surface area (Å²) in [5, 5.41) is 2.64. The first-order valence-corrected chi connectivity index (χ1v) is 8.75. The van der Waals surface area contributed by atoms with Crippen molar-refractivity contribution in [2.75, 3.05) is 23.4 Å². The van der Waals surface area contributed by atoms with Gasteiger partial charge >= 0.3 is 0 Å². The monoisotopic (exact) mass is 351 g/mol. The van der Waals surface area contributed by atoms with Crippen LogP contribution < -0.4 is 14.8 Å². The lowest BCUT2D eigenvalue weighted by Crippen LogP contribution is -2.13. The van der Waals surface area contributed by atoms with E-state index in [0.29, 0.717) is 11.3 Å². The van der Waals surface area contributed by atoms with Gasteiger partial charge < -0.3 is 15.0 Å². The molecule has 0 aliphatic heterocycles. The quantitative estimate of drug-likeness (QED) is 0.687. The number of methoxy groups -OCH3 is 1. The summed E-state index contributed by atoms with van der Waals surface area (Å²) in [7, 11) is -2.06. The fraction of sp³-hybridized carbons (Fsp3) is 0.200. The molecule has 2 rings (SSSR count). The minimum atomic E-state index is -3.45. The van der Waals surface area contributed by atoms with Gasteiger partial charge in [-0.1, -0.05) is 0 Å². The summed E-state index contributed by atoms with van der Waals surface area (Å²) >= 11 is 0. The van der Waals surface area contributed by atoms with Crippen LogP contribution in [0.2, 0.25) is 0 Å². The van der Waals surface area contributed by atoms with Gasteiger partial charge in [0.1, 0.15) is 11.4 Å². The van der Waals surface area contributed by atoms with Gasteiger partial charge in [-0.25, -0.2) is 8.42 Å². The summed E-state index contributed by atoms with van der Waals surface area (Å²) in [5.41, 5.74) is 1.31. The normalized spacial score (nSPS) is 11.0. The Morgan fingerprint density at radius 2 is 1.92 bits per heavy atom. The van der Waals surface area contributed by atoms with Gasteiger partial charge in [0.2, 0.25) is 10.0 Å². The Kier molecular flexibility index (Phi) is 4.93. The van der Waals surface area contributed by atoms with Crippen molar-refractivity contribution in [3.8, 4) is 5.75 Å². The fourth-order valence-corrected chi connectivity index (χ4v) is 2.55. The van der Waals surface area contributed by atoms with Crippen LogP contribution in [0.3, 0.4) is 0 Å². The number of hydrogen-bond acceptors (Lipinski definition) is 5. The van der Waals surface area contributed by atoms with Crippen molar-refractivity contribution in [2.24, 2.45) is 0 Å². The number of aromatic nitrogens is 1. The van der Waals surface area contributed by atoms with Gasteiger partial charge in [-0.05, 0) is 25.1 Å². The highest BCUT2D eigenvalue weighted by atomic mass is 32.2. The van der Waals surface area contributed by atoms with Crippen LogP contribution in [0.4, 0.5) is 11.4 Å². The SMILES string of the molecule is COc1cc(NC(=O)c2cc(C(C)=O)c[nH]2)ccc1NS(C)(=O)=O. The number of sulfonamides is 1. The van der Waals surface area contributed by atoms with Crippen LogP contribution in [0.1, 0.15) is 27.8 Å². The van der Waals surface area contributed by atoms with Gasteiger partial charge in [0.05, 0.1) is 19.1 Å². The zero-order chi connectivity index (χ0) is 17.9. The fourth-order valence-electron chi connectivity index (χ4n) is 1.98. The third kappa shape index (κ3) is 4.35. The average Bonchev–Trinajstić information content (AvgIpc) is 2.97. The Hall–Kier alpha value is -2.81. The van der Waals surface area contributed by atoms with Crippen molar-refractivity contribution in [3.63, 3.8) is 0 Å². The van der Waals surface area contributed by atoms with Crippen molar-refractivity contribution in [1.82, 2.24) is 4.98 Å². The molecule has 0 bridgehead atoms. The molecule has 1 amide bonds. The number of Topliss-reactive ketones (excluding diaryl/α,β-unsaturated/α-hetero) is 1. The molecule has 0 fully saturated rings. The standard InChI is InChI=1S/C15H17N3O5S/c1-9(19)10-6-13(16-8-10)15(20)17-11-4-5-12(14(7-11)23-2)18-24(3,21)22/h4-8,16,18H,1-3H3,(H,17,20). The number of nitrogens with one attached hydrogen (secondary N) is 3. The third-order valence-corrected chi connectivity index (χ3v) is 3.68. The molecule has 1 aromatic heterocycles. The number of carbonyl (C=O) groups is 2. The summed E-state index contributed by atoms with van der Waals surface area (Å²) in [6.45, 7) is 1.41. The molecule has 0 radical (unpaired) electrons. The minimum Gasteiger partial charge on any atom is -0.494 e. The zero-order valence-electron chi connectivity index (χ0n) is 13.3. The summed E-state index contributed by atoms with van der Waals surface area (Å²) in [5.74, 6) is -0.328. The van der Waals surface area contributed by atoms with E-state index in [1.165, 1.54) is 44.5 Å². The lowest BCUT2D eigenvalue weighted by molar-refractivity contribution is 0.101. The summed E-state index contributed by atoms with van der Waals surface area (Å²) < 4.78 is 30.1. The van der Waals surface area contributed by atoms with Gasteiger partial charge in [-0.3, -0.25) is 14.3 Å². The number of H-pyrrole nitrogens is 1. The van der Waals surface area contributed by atoms with Gasteiger partial charge in [0, 0.05) is 23.5 Å². The zero-order valence-corrected chi connectivity index (χ0v) is 14.2. The topological polar surface area (TPSA) is 117 Å². The van der Waals surface area contributed by atoms with E-state index < -0.39 is 15.9 Å². The Bertz CT molecular complexity index is 886. The summed E-state index contributed by atoms with van der Waals surface area (Å²) in [4.78, 5) is 26.1. The van der Waals surface area contributed by atoms with E-state index in [1.807, 2.05) is 0 Å². The summed E-state index contributed by atoms with van der Waals surface area (Å²) in [6.07, 6.45) is 2.48. The van der Waals surface area contributed by atoms with Crippen LogP contribution in [0.5, 0.6) is 5.75 Å². The van der Waals surface area contributed by atoms with Gasteiger partial charge in [0.25, 0.3) is 5.91 Å². The lowest BCUT2D eigenvalue weighted by Gasteiger charge is -2.12. The number of carbonyl (C=O) groups excluding carboxylic acids is 2. The molecule has 0 saturated carbocycles. The molecule has 1 aromatic carbocycles. The Labute approximate surface area is 139 Å². The van der Waals surface area contributed by atoms with Gasteiger partial charge in [-0.15, -0.1) is 0 Å². The highest BCUT2D eigenvalue weighted by Gasteiger charge is 2.13. The highest BCUT2D eigenvalue weighted by molar-refractivity contribution is 7.92. The van der Waals surface area contributed by atoms with Crippen molar-refractivity contribution < 1.29 is 22.7 Å². The van der Waals surface area contributed by atoms with Crippen molar-refractivity contribution in [1.29, 1.82) is 0 Å². The smallest absolute Gasteiger partial charge is 0.272 e. The molecule has 9 heteroatoms. The number of ether oxygens (including phenoxy) is 1. The Morgan fingerprint density at radius 3 is 2.46 bits per heavy atom. The maximum absolute atomic E-state index is 12.2. The molecule has 2 aromatic rings. The maximum Gasteiger partial charge on any atom is 0.272 e. The van der Waals surface area contributed by atoms with Crippen molar-refractivity contribution in [2.45, 2.75) is 6.92 Å². The number of amides is 1. The maximum atomic E-state index is 12.2. The molecule has 0 saturated heterocycles. The number of benzene rings is 1. The predicted octanol–water partition coefficient (Wildman–Crippen LogP) is 1.85. The molecule has 3 N–H and O–H groups in total. The second-order valence-electron chi connectivity index (χ2n) is 5.10. The second kappa shape index (κ2) is 6.75. The highest BCUT2D eigenvalue weighted by Crippen LogP contribution is 2.28. The molecule has 8 nitrogen and oxygen atoms in total. The van der Waals surface area contributed by atoms with E-state index in [1.54, 1.807) is 0 Å². The first kappa shape index (κ1) is 17.5. The molecule has 0 spiro atoms. The average molecular weight is 351 g/mol. The van der Waals surface area contributed by atoms with E-state index in [9.17, 15) is 18.0 Å². The van der Waals surface area contributed by atoms with Crippen molar-refractivity contribution in [3.05, 3.63) is 41.7 Å². The molecule has 0 aliphatic carbocycles. The van der Waals surface area contributed by atoms with E-state index in [0.717, 1.165) is 6.26 Å². The first-order chi connectivity index (χ1) is 11.2. The van der Waals surface area contributed by atoms with E-state index >= 15 is 0 Å². The van der Waals surface area contributed by atoms with Crippen LogP contribution >= 0.6 is 0 Å². The third-order valence-electron chi connectivity index (χ3n) is 3.09. The Morgan fingerprint density at radius 1 is 1.21 bits per heavy atom. The number of ketones is 1. The van der Waals surface area contributed by atoms with Gasteiger partial charge in [0.15, 0.2) is 5.78 Å². The van der Waals surface area contributed by atoms with Crippen LogP contribution in [-0.2, 0) is 10.0 Å². The molecule has 128 valence electrons. The van der Waals surface area contributed by atoms with Crippen molar-refractivity contribution >= 4 is 33.1 Å². The minimum absolute atomic E-state index is 0.150. The van der Waals surface area contributed by atoms with Crippen LogP contribution in [0, 0.1) is 0 Å². The number of aromatic amines is 1. The number of hydrogen-bond donors (Lipinski definition) is 3. The van der Waals surface area contributed by atoms with Crippen LogP contribution in [0.15, 0.2) is 30.5 Å². The molecule has 0 aliphatic rings. The van der Waals surface area contributed by atoms with Crippen LogP contribution in [0.25, 0.3) is 0 Å². The van der Waals surface area contributed by atoms with E-state index in [-0.39, 0.29) is 22.9 Å². The number of anilines is 2. The largest absolute Gasteiger partial charge is 0.494 e. The number of rotatable bonds is 6. The second-order valence-corrected chi connectivity index (χ2v) is 6.85. The molecule has 0 unspecified atom stereocenters. The first-order valence-electron chi connectivity index (χ1n) is 6.86.